The third-order valence-corrected chi connectivity index (χ3v) is 2.92. The molecule has 0 radical (unpaired) electrons. The quantitative estimate of drug-likeness (QED) is 0.772. The van der Waals surface area contributed by atoms with E-state index in [-0.39, 0.29) is 18.6 Å². The molecule has 2 aromatic rings. The number of nitrogens with two attached hydrogens (primary N) is 1. The van der Waals surface area contributed by atoms with Gasteiger partial charge in [-0.2, -0.15) is 0 Å². The number of anilines is 1. The number of hydrogen-bond acceptors (Lipinski definition) is 4. The minimum absolute atomic E-state index is 0.0364. The number of aromatic nitrogens is 1. The number of amides is 1. The van der Waals surface area contributed by atoms with Gasteiger partial charge in [0.1, 0.15) is 5.69 Å². The highest BCUT2D eigenvalue weighted by Crippen LogP contribution is 2.20. The average Bonchev–Trinajstić information content (AvgIpc) is 2.39. The fourth-order valence-corrected chi connectivity index (χ4v) is 1.88. The molecule has 0 fully saturated rings. The molecule has 0 saturated carbocycles. The van der Waals surface area contributed by atoms with Crippen LogP contribution in [-0.2, 0) is 0 Å². The van der Waals surface area contributed by atoms with Crippen LogP contribution in [0.2, 0.25) is 0 Å². The second-order valence-corrected chi connectivity index (χ2v) is 4.50. The highest BCUT2D eigenvalue weighted by atomic mass is 16.3. The van der Waals surface area contributed by atoms with Crippen molar-refractivity contribution in [3.63, 3.8) is 0 Å². The number of fused-ring (bicyclic) bond motifs is 1. The van der Waals surface area contributed by atoms with Gasteiger partial charge < -0.3 is 16.2 Å². The van der Waals surface area contributed by atoms with E-state index in [1.807, 2.05) is 31.2 Å². The Bertz CT molecular complexity index is 598. The lowest BCUT2D eigenvalue weighted by atomic mass is 10.1. The number of para-hydroxylation sites is 1. The van der Waals surface area contributed by atoms with E-state index < -0.39 is 0 Å². The maximum Gasteiger partial charge on any atom is 0.270 e. The first-order valence-corrected chi connectivity index (χ1v) is 6.19. The first-order chi connectivity index (χ1) is 9.11. The lowest BCUT2D eigenvalue weighted by Gasteiger charge is -2.12. The number of benzene rings is 1. The van der Waals surface area contributed by atoms with Crippen molar-refractivity contribution in [2.75, 3.05) is 12.3 Å². The molecule has 2 rings (SSSR count). The normalized spacial score (nSPS) is 12.3. The van der Waals surface area contributed by atoms with Crippen LogP contribution in [0.1, 0.15) is 23.8 Å². The van der Waals surface area contributed by atoms with Gasteiger partial charge in [-0.15, -0.1) is 0 Å². The van der Waals surface area contributed by atoms with Gasteiger partial charge in [0, 0.05) is 23.7 Å². The number of nitrogen functional groups attached to an aromatic ring is 1. The highest BCUT2D eigenvalue weighted by molar-refractivity contribution is 5.99. The van der Waals surface area contributed by atoms with Crippen molar-refractivity contribution in [3.8, 4) is 0 Å². The molecule has 5 nitrogen and oxygen atoms in total. The van der Waals surface area contributed by atoms with E-state index in [4.69, 9.17) is 10.8 Å². The molecule has 0 aliphatic carbocycles. The summed E-state index contributed by atoms with van der Waals surface area (Å²) in [5, 5.41) is 12.4. The standard InChI is InChI=1S/C14H17N3O2/c1-9(6-7-18)16-14(19)13-8-11(15)10-4-2-3-5-12(10)17-13/h2-5,8-9,18H,6-7H2,1H3,(H2,15,17)(H,16,19). The number of nitrogens with one attached hydrogen (secondary N) is 1. The van der Waals surface area contributed by atoms with Crippen LogP contribution >= 0.6 is 0 Å². The number of aliphatic hydroxyl groups excluding tert-OH is 1. The molecule has 5 heteroatoms. The van der Waals surface area contributed by atoms with Gasteiger partial charge in [0.2, 0.25) is 0 Å². The van der Waals surface area contributed by atoms with Crippen molar-refractivity contribution < 1.29 is 9.90 Å². The van der Waals surface area contributed by atoms with E-state index in [1.165, 1.54) is 0 Å². The van der Waals surface area contributed by atoms with Gasteiger partial charge >= 0.3 is 0 Å². The van der Waals surface area contributed by atoms with Crippen LogP contribution in [0.25, 0.3) is 10.9 Å². The Balaban J connectivity index is 2.28. The van der Waals surface area contributed by atoms with Crippen LogP contribution < -0.4 is 11.1 Å². The first-order valence-electron chi connectivity index (χ1n) is 6.19. The number of pyridine rings is 1. The van der Waals surface area contributed by atoms with Crippen LogP contribution in [0.15, 0.2) is 30.3 Å². The van der Waals surface area contributed by atoms with Gasteiger partial charge in [0.15, 0.2) is 0 Å². The van der Waals surface area contributed by atoms with Crippen LogP contribution in [0.3, 0.4) is 0 Å². The largest absolute Gasteiger partial charge is 0.398 e. The van der Waals surface area contributed by atoms with Gasteiger partial charge in [0.05, 0.1) is 5.52 Å². The minimum Gasteiger partial charge on any atom is -0.398 e. The summed E-state index contributed by atoms with van der Waals surface area (Å²) in [7, 11) is 0. The van der Waals surface area contributed by atoms with Gasteiger partial charge in [-0.05, 0) is 25.5 Å². The van der Waals surface area contributed by atoms with Crippen molar-refractivity contribution in [2.45, 2.75) is 19.4 Å². The summed E-state index contributed by atoms with van der Waals surface area (Å²) in [6.07, 6.45) is 0.509. The van der Waals surface area contributed by atoms with Gasteiger partial charge in [0.25, 0.3) is 5.91 Å². The van der Waals surface area contributed by atoms with Crippen molar-refractivity contribution in [2.24, 2.45) is 0 Å². The van der Waals surface area contributed by atoms with E-state index in [1.54, 1.807) is 6.07 Å². The smallest absolute Gasteiger partial charge is 0.270 e. The van der Waals surface area contributed by atoms with Crippen molar-refractivity contribution >= 4 is 22.5 Å². The topological polar surface area (TPSA) is 88.2 Å². The third-order valence-electron chi connectivity index (χ3n) is 2.92. The zero-order valence-corrected chi connectivity index (χ0v) is 10.8. The number of rotatable bonds is 4. The Morgan fingerprint density at radius 3 is 2.95 bits per heavy atom. The summed E-state index contributed by atoms with van der Waals surface area (Å²) in [6.45, 7) is 1.87. The molecule has 19 heavy (non-hydrogen) atoms. The Morgan fingerprint density at radius 1 is 1.47 bits per heavy atom. The van der Waals surface area contributed by atoms with Crippen molar-refractivity contribution in [1.29, 1.82) is 0 Å². The van der Waals surface area contributed by atoms with Crippen LogP contribution in [-0.4, -0.2) is 28.6 Å². The second kappa shape index (κ2) is 5.67. The lowest BCUT2D eigenvalue weighted by Crippen LogP contribution is -2.33. The summed E-state index contributed by atoms with van der Waals surface area (Å²) in [6, 6.07) is 8.89. The predicted molar refractivity (Wildman–Crippen MR) is 74.8 cm³/mol. The summed E-state index contributed by atoms with van der Waals surface area (Å²) >= 11 is 0. The molecule has 0 aliphatic rings. The Labute approximate surface area is 111 Å². The molecular formula is C14H17N3O2. The summed E-state index contributed by atoms with van der Waals surface area (Å²) in [4.78, 5) is 16.3. The fraction of sp³-hybridized carbons (Fsp3) is 0.286. The zero-order valence-electron chi connectivity index (χ0n) is 10.8. The monoisotopic (exact) mass is 259 g/mol. The molecule has 1 heterocycles. The van der Waals surface area contributed by atoms with Gasteiger partial charge in [-0.25, -0.2) is 4.98 Å². The predicted octanol–water partition coefficient (Wildman–Crippen LogP) is 1.32. The highest BCUT2D eigenvalue weighted by Gasteiger charge is 2.12. The van der Waals surface area contributed by atoms with E-state index >= 15 is 0 Å². The SMILES string of the molecule is CC(CCO)NC(=O)c1cc(N)c2ccccc2n1. The molecule has 1 unspecified atom stereocenters. The molecule has 1 aromatic carbocycles. The zero-order chi connectivity index (χ0) is 13.8. The van der Waals surface area contributed by atoms with Crippen molar-refractivity contribution in [1.82, 2.24) is 10.3 Å². The number of aliphatic hydroxyl groups is 1. The van der Waals surface area contributed by atoms with Crippen LogP contribution in [0.5, 0.6) is 0 Å². The molecule has 100 valence electrons. The average molecular weight is 259 g/mol. The fourth-order valence-electron chi connectivity index (χ4n) is 1.88. The molecule has 0 saturated heterocycles. The van der Waals surface area contributed by atoms with E-state index in [2.05, 4.69) is 10.3 Å². The van der Waals surface area contributed by atoms with Crippen LogP contribution in [0, 0.1) is 0 Å². The molecule has 1 aromatic heterocycles. The van der Waals surface area contributed by atoms with E-state index in [9.17, 15) is 4.79 Å². The Morgan fingerprint density at radius 2 is 2.21 bits per heavy atom. The minimum atomic E-state index is -0.279. The maximum absolute atomic E-state index is 12.0. The van der Waals surface area contributed by atoms with E-state index in [0.29, 0.717) is 23.3 Å². The summed E-state index contributed by atoms with van der Waals surface area (Å²) in [5.41, 5.74) is 7.45. The Kier molecular flexibility index (Phi) is 3.97. The van der Waals surface area contributed by atoms with Gasteiger partial charge in [-0.3, -0.25) is 4.79 Å². The molecule has 0 aliphatic heterocycles. The molecule has 1 atom stereocenters. The molecule has 1 amide bonds. The molecule has 4 N–H and O–H groups in total. The first kappa shape index (κ1) is 13.3. The lowest BCUT2D eigenvalue weighted by molar-refractivity contribution is 0.0930. The maximum atomic E-state index is 12.0. The number of carbonyl (C=O) groups excluding carboxylic acids is 1. The molecular weight excluding hydrogens is 242 g/mol. The third kappa shape index (κ3) is 3.00. The number of nitrogens with zero attached hydrogens (tertiary/aromatic N) is 1. The number of carbonyl (C=O) groups is 1. The molecule has 0 bridgehead atoms. The van der Waals surface area contributed by atoms with Crippen molar-refractivity contribution in [3.05, 3.63) is 36.0 Å². The summed E-state index contributed by atoms with van der Waals surface area (Å²) < 4.78 is 0. The second-order valence-electron chi connectivity index (χ2n) is 4.50. The van der Waals surface area contributed by atoms with Crippen LogP contribution in [0.4, 0.5) is 5.69 Å². The van der Waals surface area contributed by atoms with Gasteiger partial charge in [-0.1, -0.05) is 18.2 Å². The number of hydrogen-bond donors (Lipinski definition) is 3. The molecule has 0 spiro atoms. The van der Waals surface area contributed by atoms with E-state index in [0.717, 1.165) is 5.39 Å². The summed E-state index contributed by atoms with van der Waals surface area (Å²) in [5.74, 6) is -0.279. The Hall–Kier alpha value is -2.14.